The summed E-state index contributed by atoms with van der Waals surface area (Å²) < 4.78 is 2.81. The first-order valence-electron chi connectivity index (χ1n) is 7.41. The predicted molar refractivity (Wildman–Crippen MR) is 89.1 cm³/mol. The highest BCUT2D eigenvalue weighted by atomic mass is 79.9. The standard InChI is InChI=1S/C16H19BrN4O/c1-11-15(16(22)20-8-2-3-13(18)10-20)9-19-21(11)14-6-4-12(17)5-7-14/h4-7,9,13H,2-3,8,10,18H2,1H3. The Morgan fingerprint density at radius 3 is 2.77 bits per heavy atom. The highest BCUT2D eigenvalue weighted by Crippen LogP contribution is 2.19. The Morgan fingerprint density at radius 2 is 2.09 bits per heavy atom. The predicted octanol–water partition coefficient (Wildman–Crippen LogP) is 2.51. The van der Waals surface area contributed by atoms with Gasteiger partial charge in [0.15, 0.2) is 0 Å². The SMILES string of the molecule is Cc1c(C(=O)N2CCCC(N)C2)cnn1-c1ccc(Br)cc1. The quantitative estimate of drug-likeness (QED) is 0.892. The third kappa shape index (κ3) is 2.94. The number of piperidine rings is 1. The average molecular weight is 363 g/mol. The van der Waals surface area contributed by atoms with Gasteiger partial charge in [-0.05, 0) is 44.0 Å². The molecule has 5 nitrogen and oxygen atoms in total. The summed E-state index contributed by atoms with van der Waals surface area (Å²) in [6.45, 7) is 3.32. The van der Waals surface area contributed by atoms with Gasteiger partial charge in [0.25, 0.3) is 5.91 Å². The smallest absolute Gasteiger partial charge is 0.257 e. The summed E-state index contributed by atoms with van der Waals surface area (Å²) in [5.74, 6) is 0.0241. The van der Waals surface area contributed by atoms with Crippen LogP contribution in [0.1, 0.15) is 28.9 Å². The molecular formula is C16H19BrN4O. The fraction of sp³-hybridized carbons (Fsp3) is 0.375. The molecule has 0 bridgehead atoms. The van der Waals surface area contributed by atoms with E-state index in [2.05, 4.69) is 21.0 Å². The van der Waals surface area contributed by atoms with Gasteiger partial charge in [-0.15, -0.1) is 0 Å². The number of hydrogen-bond acceptors (Lipinski definition) is 3. The number of hydrogen-bond donors (Lipinski definition) is 1. The Labute approximate surface area is 138 Å². The Hall–Kier alpha value is -1.66. The van der Waals surface area contributed by atoms with E-state index in [4.69, 9.17) is 5.73 Å². The molecular weight excluding hydrogens is 344 g/mol. The zero-order valence-electron chi connectivity index (χ0n) is 12.5. The van der Waals surface area contributed by atoms with E-state index in [9.17, 15) is 4.79 Å². The zero-order valence-corrected chi connectivity index (χ0v) is 14.1. The van der Waals surface area contributed by atoms with E-state index in [1.54, 1.807) is 10.9 Å². The molecule has 1 aliphatic rings. The number of nitrogens with zero attached hydrogens (tertiary/aromatic N) is 3. The van der Waals surface area contributed by atoms with Crippen molar-refractivity contribution in [1.29, 1.82) is 0 Å². The van der Waals surface area contributed by atoms with Crippen LogP contribution in [-0.2, 0) is 0 Å². The molecule has 2 N–H and O–H groups in total. The number of carbonyl (C=O) groups excluding carboxylic acids is 1. The van der Waals surface area contributed by atoms with Crippen LogP contribution in [-0.4, -0.2) is 39.7 Å². The van der Waals surface area contributed by atoms with Gasteiger partial charge in [0.05, 0.1) is 23.1 Å². The van der Waals surface area contributed by atoms with E-state index in [1.165, 1.54) is 0 Å². The molecule has 1 saturated heterocycles. The molecule has 22 heavy (non-hydrogen) atoms. The Bertz CT molecular complexity index is 680. The van der Waals surface area contributed by atoms with Crippen molar-refractivity contribution >= 4 is 21.8 Å². The van der Waals surface area contributed by atoms with Gasteiger partial charge in [-0.3, -0.25) is 4.79 Å². The van der Waals surface area contributed by atoms with E-state index in [1.807, 2.05) is 36.1 Å². The Morgan fingerprint density at radius 1 is 1.36 bits per heavy atom. The number of likely N-dealkylation sites (tertiary alicyclic amines) is 1. The second-order valence-corrected chi connectivity index (χ2v) is 6.60. The summed E-state index contributed by atoms with van der Waals surface area (Å²) in [4.78, 5) is 14.5. The molecule has 0 saturated carbocycles. The molecule has 1 aromatic heterocycles. The fourth-order valence-corrected chi connectivity index (χ4v) is 3.09. The first-order chi connectivity index (χ1) is 10.6. The van der Waals surface area contributed by atoms with Gasteiger partial charge >= 0.3 is 0 Å². The second-order valence-electron chi connectivity index (χ2n) is 5.69. The van der Waals surface area contributed by atoms with Crippen molar-refractivity contribution in [2.75, 3.05) is 13.1 Å². The third-order valence-corrected chi connectivity index (χ3v) is 4.59. The monoisotopic (exact) mass is 362 g/mol. The van der Waals surface area contributed by atoms with Crippen LogP contribution < -0.4 is 5.73 Å². The van der Waals surface area contributed by atoms with Gasteiger partial charge in [0, 0.05) is 23.6 Å². The molecule has 3 rings (SSSR count). The number of amides is 1. The number of aromatic nitrogens is 2. The van der Waals surface area contributed by atoms with Gasteiger partial charge in [-0.1, -0.05) is 15.9 Å². The lowest BCUT2D eigenvalue weighted by Crippen LogP contribution is -2.45. The fourth-order valence-electron chi connectivity index (χ4n) is 2.83. The first-order valence-corrected chi connectivity index (χ1v) is 8.21. The summed E-state index contributed by atoms with van der Waals surface area (Å²) in [7, 11) is 0. The van der Waals surface area contributed by atoms with Crippen LogP contribution in [0.5, 0.6) is 0 Å². The molecule has 1 unspecified atom stereocenters. The van der Waals surface area contributed by atoms with Gasteiger partial charge in [0.1, 0.15) is 0 Å². The molecule has 2 aromatic rings. The average Bonchev–Trinajstić information content (AvgIpc) is 2.89. The molecule has 0 aliphatic carbocycles. The van der Waals surface area contributed by atoms with Crippen molar-refractivity contribution < 1.29 is 4.79 Å². The molecule has 116 valence electrons. The van der Waals surface area contributed by atoms with Crippen LogP contribution >= 0.6 is 15.9 Å². The van der Waals surface area contributed by atoms with Gasteiger partial charge in [0.2, 0.25) is 0 Å². The molecule has 2 heterocycles. The largest absolute Gasteiger partial charge is 0.337 e. The van der Waals surface area contributed by atoms with E-state index in [0.717, 1.165) is 35.2 Å². The first kappa shape index (κ1) is 15.2. The van der Waals surface area contributed by atoms with Crippen molar-refractivity contribution in [3.05, 3.63) is 46.2 Å². The molecule has 1 aliphatic heterocycles. The topological polar surface area (TPSA) is 64.2 Å². The van der Waals surface area contributed by atoms with Crippen molar-refractivity contribution in [3.63, 3.8) is 0 Å². The second kappa shape index (κ2) is 6.22. The number of benzene rings is 1. The van der Waals surface area contributed by atoms with Crippen molar-refractivity contribution in [2.24, 2.45) is 5.73 Å². The minimum absolute atomic E-state index is 0.0241. The van der Waals surface area contributed by atoms with Crippen LogP contribution in [0.25, 0.3) is 5.69 Å². The molecule has 0 radical (unpaired) electrons. The summed E-state index contributed by atoms with van der Waals surface area (Å²) >= 11 is 3.42. The molecule has 1 amide bonds. The van der Waals surface area contributed by atoms with Crippen LogP contribution in [0.2, 0.25) is 0 Å². The summed E-state index contributed by atoms with van der Waals surface area (Å²) in [6, 6.07) is 7.94. The number of halogens is 1. The normalized spacial score (nSPS) is 18.5. The van der Waals surface area contributed by atoms with Gasteiger partial charge in [-0.25, -0.2) is 4.68 Å². The minimum atomic E-state index is 0.0241. The maximum absolute atomic E-state index is 12.7. The molecule has 1 aromatic carbocycles. The van der Waals surface area contributed by atoms with Crippen molar-refractivity contribution in [2.45, 2.75) is 25.8 Å². The lowest BCUT2D eigenvalue weighted by Gasteiger charge is -2.30. The molecule has 1 atom stereocenters. The van der Waals surface area contributed by atoms with Crippen LogP contribution in [0.3, 0.4) is 0 Å². The molecule has 1 fully saturated rings. The van der Waals surface area contributed by atoms with Crippen molar-refractivity contribution in [3.8, 4) is 5.69 Å². The molecule has 6 heteroatoms. The Kier molecular flexibility index (Phi) is 4.31. The van der Waals surface area contributed by atoms with Crippen molar-refractivity contribution in [1.82, 2.24) is 14.7 Å². The summed E-state index contributed by atoms with van der Waals surface area (Å²) in [6.07, 6.45) is 3.60. The van der Waals surface area contributed by atoms with E-state index in [-0.39, 0.29) is 11.9 Å². The lowest BCUT2D eigenvalue weighted by molar-refractivity contribution is 0.0708. The highest BCUT2D eigenvalue weighted by molar-refractivity contribution is 9.10. The number of rotatable bonds is 2. The summed E-state index contributed by atoms with van der Waals surface area (Å²) in [5.41, 5.74) is 8.41. The maximum atomic E-state index is 12.7. The Balaban J connectivity index is 1.86. The van der Waals surface area contributed by atoms with Gasteiger partial charge in [-0.2, -0.15) is 5.10 Å². The van der Waals surface area contributed by atoms with Crippen LogP contribution in [0.15, 0.2) is 34.9 Å². The van der Waals surface area contributed by atoms with E-state index < -0.39 is 0 Å². The zero-order chi connectivity index (χ0) is 15.7. The molecule has 0 spiro atoms. The van der Waals surface area contributed by atoms with Crippen LogP contribution in [0.4, 0.5) is 0 Å². The van der Waals surface area contributed by atoms with E-state index >= 15 is 0 Å². The summed E-state index contributed by atoms with van der Waals surface area (Å²) in [5, 5.41) is 4.37. The third-order valence-electron chi connectivity index (χ3n) is 4.06. The number of nitrogens with two attached hydrogens (primary N) is 1. The highest BCUT2D eigenvalue weighted by Gasteiger charge is 2.25. The van der Waals surface area contributed by atoms with Gasteiger partial charge < -0.3 is 10.6 Å². The number of carbonyl (C=O) groups is 1. The lowest BCUT2D eigenvalue weighted by atomic mass is 10.1. The maximum Gasteiger partial charge on any atom is 0.257 e. The van der Waals surface area contributed by atoms with Crippen LogP contribution in [0, 0.1) is 6.92 Å². The van der Waals surface area contributed by atoms with E-state index in [0.29, 0.717) is 12.1 Å². The minimum Gasteiger partial charge on any atom is -0.337 e.